The van der Waals surface area contributed by atoms with Gasteiger partial charge in [0.1, 0.15) is 16.3 Å². The first kappa shape index (κ1) is 24.0. The van der Waals surface area contributed by atoms with Crippen molar-refractivity contribution in [3.63, 3.8) is 0 Å². The van der Waals surface area contributed by atoms with Gasteiger partial charge >= 0.3 is 0 Å². The van der Waals surface area contributed by atoms with Crippen molar-refractivity contribution in [3.8, 4) is 10.6 Å². The molecule has 2 atom stereocenters. The summed E-state index contributed by atoms with van der Waals surface area (Å²) in [7, 11) is 0. The van der Waals surface area contributed by atoms with E-state index in [0.717, 1.165) is 82.9 Å². The molecule has 3 fully saturated rings. The van der Waals surface area contributed by atoms with Crippen LogP contribution < -0.4 is 10.6 Å². The maximum Gasteiger partial charge on any atom is 0.224 e. The van der Waals surface area contributed by atoms with Gasteiger partial charge in [-0.05, 0) is 70.3 Å². The van der Waals surface area contributed by atoms with Gasteiger partial charge in [-0.25, -0.2) is 9.97 Å². The summed E-state index contributed by atoms with van der Waals surface area (Å²) in [6.07, 6.45) is 11.9. The molecule has 0 spiro atoms. The lowest BCUT2D eigenvalue weighted by atomic mass is 9.98. The molecule has 4 N–H and O–H groups in total. The normalized spacial score (nSPS) is 23.4. The summed E-state index contributed by atoms with van der Waals surface area (Å²) >= 11 is 1.68. The second-order valence-corrected chi connectivity index (χ2v) is 12.0. The Morgan fingerprint density at radius 2 is 1.94 bits per heavy atom. The first-order chi connectivity index (χ1) is 17.5. The summed E-state index contributed by atoms with van der Waals surface area (Å²) in [6.45, 7) is 2.90. The fourth-order valence-corrected chi connectivity index (χ4v) is 6.97. The van der Waals surface area contributed by atoms with Crippen LogP contribution in [0, 0.1) is 12.8 Å². The maximum atomic E-state index is 10.7. The fourth-order valence-electron chi connectivity index (χ4n) is 5.91. The van der Waals surface area contributed by atoms with Crippen LogP contribution in [-0.2, 0) is 0 Å². The zero-order chi connectivity index (χ0) is 24.7. The molecule has 0 radical (unpaired) electrons. The lowest BCUT2D eigenvalue weighted by Gasteiger charge is -2.22. The van der Waals surface area contributed by atoms with Gasteiger partial charge < -0.3 is 20.8 Å². The summed E-state index contributed by atoms with van der Waals surface area (Å²) in [6, 6.07) is 2.32. The number of hydrogen-bond acceptors (Lipinski definition) is 9. The largest absolute Gasteiger partial charge is 0.396 e. The van der Waals surface area contributed by atoms with Crippen molar-refractivity contribution >= 4 is 33.3 Å². The van der Waals surface area contributed by atoms with Crippen molar-refractivity contribution in [3.05, 3.63) is 23.7 Å². The van der Waals surface area contributed by atoms with Crippen molar-refractivity contribution in [2.24, 2.45) is 5.92 Å². The SMILES string of the molecule is Cc1nc(NCCC2(O)CCCC2)nc(NC2CCC(CO)C2)c1-c1nc2c(C3CC3)nccc2s1. The van der Waals surface area contributed by atoms with Crippen LogP contribution in [0.5, 0.6) is 0 Å². The van der Waals surface area contributed by atoms with E-state index in [4.69, 9.17) is 15.0 Å². The highest BCUT2D eigenvalue weighted by atomic mass is 32.1. The van der Waals surface area contributed by atoms with E-state index in [-0.39, 0.29) is 12.6 Å². The van der Waals surface area contributed by atoms with Gasteiger partial charge in [-0.15, -0.1) is 11.3 Å². The first-order valence-electron chi connectivity index (χ1n) is 13.5. The summed E-state index contributed by atoms with van der Waals surface area (Å²) in [5.41, 5.74) is 3.41. The van der Waals surface area contributed by atoms with E-state index < -0.39 is 5.60 Å². The molecule has 0 saturated heterocycles. The predicted molar refractivity (Wildman–Crippen MR) is 144 cm³/mol. The van der Waals surface area contributed by atoms with Crippen molar-refractivity contribution in [1.29, 1.82) is 0 Å². The third-order valence-electron chi connectivity index (χ3n) is 8.15. The van der Waals surface area contributed by atoms with E-state index in [2.05, 4.69) is 21.7 Å². The van der Waals surface area contributed by atoms with Crippen LogP contribution in [0.3, 0.4) is 0 Å². The molecule has 3 saturated carbocycles. The highest BCUT2D eigenvalue weighted by Crippen LogP contribution is 2.44. The molecule has 3 aliphatic carbocycles. The van der Waals surface area contributed by atoms with Crippen LogP contribution in [0.25, 0.3) is 20.8 Å². The number of nitrogens with zero attached hydrogens (tertiary/aromatic N) is 4. The molecular formula is C27H36N6O2S. The molecular weight excluding hydrogens is 472 g/mol. The second kappa shape index (κ2) is 9.84. The minimum Gasteiger partial charge on any atom is -0.396 e. The van der Waals surface area contributed by atoms with Crippen molar-refractivity contribution in [2.75, 3.05) is 23.8 Å². The summed E-state index contributed by atoms with van der Waals surface area (Å²) in [5.74, 6) is 2.26. The Bertz CT molecular complexity index is 1240. The van der Waals surface area contributed by atoms with Crippen molar-refractivity contribution < 1.29 is 10.2 Å². The molecule has 3 aromatic rings. The molecule has 36 heavy (non-hydrogen) atoms. The van der Waals surface area contributed by atoms with Crippen LogP contribution in [0.4, 0.5) is 11.8 Å². The van der Waals surface area contributed by atoms with Gasteiger partial charge in [0.2, 0.25) is 5.95 Å². The molecule has 3 aliphatic rings. The Morgan fingerprint density at radius 3 is 2.69 bits per heavy atom. The maximum absolute atomic E-state index is 10.7. The summed E-state index contributed by atoms with van der Waals surface area (Å²) in [5, 5.41) is 28.3. The monoisotopic (exact) mass is 508 g/mol. The van der Waals surface area contributed by atoms with Crippen LogP contribution in [-0.4, -0.2) is 54.9 Å². The molecule has 0 aromatic carbocycles. The molecule has 2 unspecified atom stereocenters. The second-order valence-electron chi connectivity index (χ2n) is 11.0. The van der Waals surface area contributed by atoms with E-state index >= 15 is 0 Å². The van der Waals surface area contributed by atoms with E-state index in [9.17, 15) is 10.2 Å². The van der Waals surface area contributed by atoms with Gasteiger partial charge in [0.15, 0.2) is 0 Å². The molecule has 0 amide bonds. The number of aliphatic hydroxyl groups is 2. The Morgan fingerprint density at radius 1 is 1.11 bits per heavy atom. The summed E-state index contributed by atoms with van der Waals surface area (Å²) < 4.78 is 1.15. The highest BCUT2D eigenvalue weighted by molar-refractivity contribution is 7.21. The van der Waals surface area contributed by atoms with Gasteiger partial charge in [-0.2, -0.15) is 4.98 Å². The highest BCUT2D eigenvalue weighted by Gasteiger charge is 2.31. The number of aliphatic hydroxyl groups excluding tert-OH is 1. The van der Waals surface area contributed by atoms with Crippen molar-refractivity contribution in [1.82, 2.24) is 19.9 Å². The minimum atomic E-state index is -0.555. The molecule has 0 bridgehead atoms. The number of thiazole rings is 1. The minimum absolute atomic E-state index is 0.234. The number of hydrogen-bond donors (Lipinski definition) is 4. The Balaban J connectivity index is 1.31. The van der Waals surface area contributed by atoms with E-state index in [0.29, 0.717) is 30.7 Å². The number of aromatic nitrogens is 4. The average Bonchev–Trinajstić information content (AvgIpc) is 3.23. The third-order valence-corrected chi connectivity index (χ3v) is 9.19. The molecule has 6 rings (SSSR count). The van der Waals surface area contributed by atoms with Crippen LogP contribution in [0.15, 0.2) is 12.3 Å². The number of fused-ring (bicyclic) bond motifs is 1. The Kier molecular flexibility index (Phi) is 6.56. The zero-order valence-corrected chi connectivity index (χ0v) is 21.8. The smallest absolute Gasteiger partial charge is 0.224 e. The van der Waals surface area contributed by atoms with Gasteiger partial charge in [-0.3, -0.25) is 4.98 Å². The zero-order valence-electron chi connectivity index (χ0n) is 21.0. The van der Waals surface area contributed by atoms with Crippen molar-refractivity contribution in [2.45, 2.75) is 88.7 Å². The first-order valence-corrected chi connectivity index (χ1v) is 14.3. The number of anilines is 2. The quantitative estimate of drug-likeness (QED) is 0.319. The van der Waals surface area contributed by atoms with Crippen LogP contribution >= 0.6 is 11.3 Å². The molecule has 9 heteroatoms. The lowest BCUT2D eigenvalue weighted by molar-refractivity contribution is 0.0424. The van der Waals surface area contributed by atoms with Gasteiger partial charge in [0.05, 0.1) is 27.3 Å². The molecule has 192 valence electrons. The standard InChI is InChI=1S/C27H36N6O2S/c1-16-21(25-32-23-20(36-25)8-12-28-22(23)18-5-6-18)24(31-19-7-4-17(14-19)15-34)33-26(30-16)29-13-11-27(35)9-2-3-10-27/h8,12,17-19,34-35H,2-7,9-11,13-15H2,1H3,(H2,29,30,31,33). The van der Waals surface area contributed by atoms with Crippen LogP contribution in [0.2, 0.25) is 0 Å². The van der Waals surface area contributed by atoms with E-state index in [1.54, 1.807) is 11.3 Å². The topological polar surface area (TPSA) is 116 Å². The number of rotatable bonds is 9. The van der Waals surface area contributed by atoms with E-state index in [1.807, 2.05) is 13.1 Å². The molecule has 0 aliphatic heterocycles. The number of nitrogens with one attached hydrogen (secondary N) is 2. The molecule has 3 aromatic heterocycles. The predicted octanol–water partition coefficient (Wildman–Crippen LogP) is 5.01. The van der Waals surface area contributed by atoms with Gasteiger partial charge in [0.25, 0.3) is 0 Å². The van der Waals surface area contributed by atoms with Gasteiger partial charge in [0, 0.05) is 31.3 Å². The average molecular weight is 509 g/mol. The Labute approximate surface area is 216 Å². The lowest BCUT2D eigenvalue weighted by Crippen LogP contribution is -2.27. The van der Waals surface area contributed by atoms with Crippen LogP contribution in [0.1, 0.15) is 81.5 Å². The molecule has 3 heterocycles. The number of aryl methyl sites for hydroxylation is 1. The third kappa shape index (κ3) is 4.93. The molecule has 8 nitrogen and oxygen atoms in total. The Hall–Kier alpha value is -2.36. The van der Waals surface area contributed by atoms with Gasteiger partial charge in [-0.1, -0.05) is 12.8 Å². The fraction of sp³-hybridized carbons (Fsp3) is 0.630. The summed E-state index contributed by atoms with van der Waals surface area (Å²) in [4.78, 5) is 19.5. The number of pyridine rings is 1. The van der Waals surface area contributed by atoms with E-state index in [1.165, 1.54) is 12.8 Å².